The number of carbonyl (C=O) groups is 12. The minimum Gasteiger partial charge on any atom is -0.481 e. The lowest BCUT2D eigenvalue weighted by molar-refractivity contribution is -0.143. The molecule has 113 heavy (non-hydrogen) atoms. The van der Waals surface area contributed by atoms with Crippen LogP contribution in [0.4, 0.5) is 0 Å². The van der Waals surface area contributed by atoms with E-state index in [1.165, 1.54) is 64.2 Å². The molecule has 1 aliphatic carbocycles. The summed E-state index contributed by atoms with van der Waals surface area (Å²) in [6.45, 7) is 4.75. The fraction of sp³-hybridized carbons (Fsp3) is 0.842. The number of unbranched alkanes of at least 4 members (excludes halogenated alkanes) is 16. The largest absolute Gasteiger partial charge is 0.481 e. The first-order valence-electron chi connectivity index (χ1n) is 40.6. The SMILES string of the molecule is CN[C@@H](CCCCNC(=O)COCCOCCNC(=O)COCCOCCNC(=O)COCCOCCNC(=O)COCCOCCNC(=O)COCCOCCNC(=O)COCCOCCNC(=O)CC[C@H](NC(=O)C1CCC(CNC(=O)CCCCCCCCCCCCCCCCCCC(=O)O)CC1)C(=O)O)C(=O)O. The Labute approximate surface area is 666 Å². The van der Waals surface area contributed by atoms with Gasteiger partial charge in [0.1, 0.15) is 51.7 Å². The summed E-state index contributed by atoms with van der Waals surface area (Å²) >= 11 is 0. The fourth-order valence-corrected chi connectivity index (χ4v) is 11.2. The summed E-state index contributed by atoms with van der Waals surface area (Å²) < 4.78 is 64.2. The average Bonchev–Trinajstić information content (AvgIpc) is 0.870. The van der Waals surface area contributed by atoms with E-state index in [1.807, 2.05) is 0 Å². The first-order valence-corrected chi connectivity index (χ1v) is 40.6. The van der Waals surface area contributed by atoms with E-state index < -0.39 is 30.0 Å². The monoisotopic (exact) mass is 1620 g/mol. The van der Waals surface area contributed by atoms with Crippen molar-refractivity contribution < 1.29 is 130 Å². The van der Waals surface area contributed by atoms with Gasteiger partial charge in [0.2, 0.25) is 53.2 Å². The van der Waals surface area contributed by atoms with E-state index in [0.717, 1.165) is 51.4 Å². The number of amides is 9. The van der Waals surface area contributed by atoms with Crippen molar-refractivity contribution in [2.24, 2.45) is 11.8 Å². The van der Waals surface area contributed by atoms with E-state index in [9.17, 15) is 62.6 Å². The molecule has 0 aromatic carbocycles. The van der Waals surface area contributed by atoms with Crippen LogP contribution in [0.25, 0.3) is 0 Å². The van der Waals surface area contributed by atoms with Crippen LogP contribution in [-0.4, -0.2) is 316 Å². The molecule has 1 aliphatic rings. The number of nitrogens with one attached hydrogen (secondary N) is 10. The van der Waals surface area contributed by atoms with Crippen LogP contribution < -0.4 is 53.2 Å². The number of hydrogen-bond donors (Lipinski definition) is 13. The lowest BCUT2D eigenvalue weighted by atomic mass is 9.81. The topological polar surface area (TPSA) is 497 Å². The molecule has 0 aromatic rings. The zero-order valence-corrected chi connectivity index (χ0v) is 67.2. The average molecular weight is 1620 g/mol. The molecule has 0 aromatic heterocycles. The summed E-state index contributed by atoms with van der Waals surface area (Å²) in [6.07, 6.45) is 23.6. The first kappa shape index (κ1) is 104. The third-order valence-electron chi connectivity index (χ3n) is 17.6. The number of likely N-dealkylation sites (N-methyl/N-ethyl adjacent to an activating group) is 1. The maximum atomic E-state index is 13.0. The summed E-state index contributed by atoms with van der Waals surface area (Å²) in [4.78, 5) is 143. The Kier molecular flexibility index (Phi) is 70.4. The molecule has 0 heterocycles. The molecular formula is C76H138N10O27. The highest BCUT2D eigenvalue weighted by atomic mass is 16.6. The molecule has 13 N–H and O–H groups in total. The number of rotatable bonds is 82. The summed E-state index contributed by atoms with van der Waals surface area (Å²) in [5, 5.41) is 54.5. The predicted molar refractivity (Wildman–Crippen MR) is 413 cm³/mol. The van der Waals surface area contributed by atoms with Crippen molar-refractivity contribution >= 4 is 71.1 Å². The number of aliphatic carboxylic acids is 3. The van der Waals surface area contributed by atoms with Gasteiger partial charge in [0.15, 0.2) is 0 Å². The van der Waals surface area contributed by atoms with Gasteiger partial charge < -0.3 is 125 Å². The maximum Gasteiger partial charge on any atom is 0.326 e. The Hall–Kier alpha value is -6.88. The van der Waals surface area contributed by atoms with Gasteiger partial charge in [-0.3, -0.25) is 52.7 Å². The van der Waals surface area contributed by atoms with Gasteiger partial charge in [-0.15, -0.1) is 0 Å². The van der Waals surface area contributed by atoms with Gasteiger partial charge >= 0.3 is 17.9 Å². The quantitative estimate of drug-likeness (QED) is 0.0381. The molecular weight excluding hydrogens is 1480 g/mol. The van der Waals surface area contributed by atoms with Crippen LogP contribution in [0.3, 0.4) is 0 Å². The first-order chi connectivity index (χ1) is 54.9. The lowest BCUT2D eigenvalue weighted by Gasteiger charge is -2.28. The second-order valence-electron chi connectivity index (χ2n) is 27.1. The summed E-state index contributed by atoms with van der Waals surface area (Å²) in [7, 11) is 1.59. The molecule has 0 bridgehead atoms. The standard InChI is InChI=1S/C76H138N10O27/c1-77-63(75(98)99)20-18-19-29-78-67(89)55-108-48-43-103-37-31-80-69(91)57-110-50-45-105-39-33-82-71(93)59-112-52-47-107-41-35-84-72(94)60-113-53-46-106-40-34-83-70(92)58-111-51-44-104-38-32-81-68(90)56-109-49-42-102-36-30-79-66(88)28-27-64(76(100)101)86-74(97)62-25-23-61(24-26-62)54-85-65(87)21-16-14-12-10-8-6-4-2-3-5-7-9-11-13-15-17-22-73(95)96/h61-64,77H,2-60H2,1H3,(H,78,89)(H,79,88)(H,80,91)(H,81,90)(H,82,93)(H,83,92)(H,84,94)(H,85,87)(H,86,97)(H,95,96)(H,98,99)(H,100,101)/t61?,62?,63-,64-/m0/s1. The molecule has 37 heteroatoms. The lowest BCUT2D eigenvalue weighted by Crippen LogP contribution is -2.45. The van der Waals surface area contributed by atoms with Crippen molar-refractivity contribution in [2.75, 3.05) is 218 Å². The number of carbonyl (C=O) groups excluding carboxylic acids is 9. The van der Waals surface area contributed by atoms with Crippen LogP contribution >= 0.6 is 0 Å². The number of carboxylic acid groups (broad SMARTS) is 3. The highest BCUT2D eigenvalue weighted by Gasteiger charge is 2.30. The van der Waals surface area contributed by atoms with Crippen LogP contribution in [0.1, 0.15) is 173 Å². The molecule has 0 saturated heterocycles. The Balaban J connectivity index is 1.85. The molecule has 1 saturated carbocycles. The van der Waals surface area contributed by atoms with E-state index in [-0.39, 0.29) is 282 Å². The molecule has 2 atom stereocenters. The zero-order chi connectivity index (χ0) is 82.5. The van der Waals surface area contributed by atoms with Crippen molar-refractivity contribution in [1.82, 2.24) is 53.2 Å². The molecule has 0 aliphatic heterocycles. The van der Waals surface area contributed by atoms with Crippen LogP contribution in [0.2, 0.25) is 0 Å². The smallest absolute Gasteiger partial charge is 0.326 e. The third-order valence-corrected chi connectivity index (χ3v) is 17.6. The van der Waals surface area contributed by atoms with Crippen molar-refractivity contribution in [3.05, 3.63) is 0 Å². The van der Waals surface area contributed by atoms with Gasteiger partial charge in [-0.25, -0.2) is 4.79 Å². The summed E-state index contributed by atoms with van der Waals surface area (Å²) in [5.74, 6) is -5.56. The van der Waals surface area contributed by atoms with Crippen LogP contribution in [0.5, 0.6) is 0 Å². The van der Waals surface area contributed by atoms with E-state index in [4.69, 9.17) is 67.1 Å². The number of hydrogen-bond acceptors (Lipinski definition) is 25. The number of ether oxygens (including phenoxy) is 12. The Morgan fingerprint density at radius 1 is 0.283 bits per heavy atom. The molecule has 1 fully saturated rings. The van der Waals surface area contributed by atoms with Crippen molar-refractivity contribution in [3.63, 3.8) is 0 Å². The molecule has 654 valence electrons. The molecule has 0 spiro atoms. The van der Waals surface area contributed by atoms with E-state index >= 15 is 0 Å². The minimum absolute atomic E-state index is 0.0563. The number of carboxylic acids is 3. The van der Waals surface area contributed by atoms with Gasteiger partial charge in [-0.2, -0.15) is 0 Å². The van der Waals surface area contributed by atoms with Crippen molar-refractivity contribution in [1.29, 1.82) is 0 Å². The zero-order valence-electron chi connectivity index (χ0n) is 67.2. The third kappa shape index (κ3) is 70.3. The van der Waals surface area contributed by atoms with Gasteiger partial charge in [-0.1, -0.05) is 89.9 Å². The Morgan fingerprint density at radius 3 is 0.876 bits per heavy atom. The van der Waals surface area contributed by atoms with Crippen LogP contribution in [0.15, 0.2) is 0 Å². The van der Waals surface area contributed by atoms with Gasteiger partial charge in [0, 0.05) is 77.5 Å². The van der Waals surface area contributed by atoms with Crippen molar-refractivity contribution in [2.45, 2.75) is 185 Å². The predicted octanol–water partition coefficient (Wildman–Crippen LogP) is 1.22. The highest BCUT2D eigenvalue weighted by Crippen LogP contribution is 2.29. The fourth-order valence-electron chi connectivity index (χ4n) is 11.2. The van der Waals surface area contributed by atoms with E-state index in [2.05, 4.69) is 53.2 Å². The van der Waals surface area contributed by atoms with E-state index in [1.54, 1.807) is 7.05 Å². The van der Waals surface area contributed by atoms with E-state index in [0.29, 0.717) is 51.6 Å². The minimum atomic E-state index is -1.22. The second kappa shape index (κ2) is 76.4. The Morgan fingerprint density at radius 2 is 0.566 bits per heavy atom. The molecule has 9 amide bonds. The molecule has 0 unspecified atom stereocenters. The van der Waals surface area contributed by atoms with Crippen LogP contribution in [-0.2, 0) is 114 Å². The highest BCUT2D eigenvalue weighted by molar-refractivity contribution is 5.86. The normalized spacial score (nSPS) is 13.8. The van der Waals surface area contributed by atoms with Crippen molar-refractivity contribution in [3.8, 4) is 0 Å². The molecule has 1 rings (SSSR count). The summed E-state index contributed by atoms with van der Waals surface area (Å²) in [6, 6.07) is -1.82. The summed E-state index contributed by atoms with van der Waals surface area (Å²) in [5.41, 5.74) is 0. The van der Waals surface area contributed by atoms with Crippen LogP contribution in [0, 0.1) is 11.8 Å². The Bertz CT molecular complexity index is 2510. The van der Waals surface area contributed by atoms with Gasteiger partial charge in [0.05, 0.1) is 119 Å². The van der Waals surface area contributed by atoms with Gasteiger partial charge in [0.25, 0.3) is 0 Å². The van der Waals surface area contributed by atoms with Gasteiger partial charge in [-0.05, 0) is 77.2 Å². The molecule has 0 radical (unpaired) electrons. The second-order valence-corrected chi connectivity index (χ2v) is 27.1. The maximum absolute atomic E-state index is 13.0. The molecule has 37 nitrogen and oxygen atoms in total.